The number of hydrogen-bond acceptors (Lipinski definition) is 3. The number of rotatable bonds is 4. The van der Waals surface area contributed by atoms with Gasteiger partial charge in [0.1, 0.15) is 0 Å². The molecule has 0 spiro atoms. The quantitative estimate of drug-likeness (QED) is 0.684. The molecule has 1 saturated heterocycles. The maximum Gasteiger partial charge on any atom is 0.231 e. The molecule has 1 amide bonds. The number of carbonyl (C=O) groups is 1. The highest BCUT2D eigenvalue weighted by atomic mass is 16.5. The summed E-state index contributed by atoms with van der Waals surface area (Å²) in [7, 11) is 0. The van der Waals surface area contributed by atoms with Gasteiger partial charge >= 0.3 is 0 Å². The van der Waals surface area contributed by atoms with Crippen LogP contribution in [0.5, 0.6) is 0 Å². The summed E-state index contributed by atoms with van der Waals surface area (Å²) in [4.78, 5) is 10.6. The second kappa shape index (κ2) is 5.32. The average molecular weight is 200 g/mol. The Morgan fingerprint density at radius 1 is 1.64 bits per heavy atom. The van der Waals surface area contributed by atoms with Gasteiger partial charge in [-0.25, -0.2) is 0 Å². The van der Waals surface area contributed by atoms with Crippen molar-refractivity contribution in [2.45, 2.75) is 38.8 Å². The number of nitrogens with two attached hydrogens (primary N) is 1. The van der Waals surface area contributed by atoms with Crippen molar-refractivity contribution in [2.24, 2.45) is 11.7 Å². The molecule has 1 rings (SSSR count). The minimum Gasteiger partial charge on any atom is -0.378 e. The Hall–Kier alpha value is -0.610. The fourth-order valence-electron chi connectivity index (χ4n) is 1.72. The molecular weight excluding hydrogens is 180 g/mol. The predicted octanol–water partition coefficient (Wildman–Crippen LogP) is 0.265. The van der Waals surface area contributed by atoms with Gasteiger partial charge in [-0.1, -0.05) is 13.8 Å². The summed E-state index contributed by atoms with van der Waals surface area (Å²) in [5, 5.41) is 3.15. The Bertz CT molecular complexity index is 195. The molecule has 2 unspecified atom stereocenters. The Balaban J connectivity index is 2.29. The van der Waals surface area contributed by atoms with E-state index in [-0.39, 0.29) is 12.5 Å². The van der Waals surface area contributed by atoms with Crippen LogP contribution in [-0.2, 0) is 9.53 Å². The fourth-order valence-corrected chi connectivity index (χ4v) is 1.72. The van der Waals surface area contributed by atoms with Crippen LogP contribution in [0.3, 0.4) is 0 Å². The van der Waals surface area contributed by atoms with Crippen molar-refractivity contribution in [3.8, 4) is 0 Å². The third-order valence-corrected chi connectivity index (χ3v) is 2.62. The lowest BCUT2D eigenvalue weighted by molar-refractivity contribution is -0.117. The highest BCUT2D eigenvalue weighted by molar-refractivity contribution is 5.75. The van der Waals surface area contributed by atoms with Crippen molar-refractivity contribution in [3.05, 3.63) is 0 Å². The van der Waals surface area contributed by atoms with E-state index >= 15 is 0 Å². The molecule has 14 heavy (non-hydrogen) atoms. The largest absolute Gasteiger partial charge is 0.378 e. The molecular formula is C10H20N2O2. The van der Waals surface area contributed by atoms with Gasteiger partial charge in [0.2, 0.25) is 5.91 Å². The monoisotopic (exact) mass is 200 g/mol. The Morgan fingerprint density at radius 2 is 2.36 bits per heavy atom. The number of amides is 1. The molecule has 82 valence electrons. The maximum atomic E-state index is 10.6. The van der Waals surface area contributed by atoms with Crippen molar-refractivity contribution in [3.63, 3.8) is 0 Å². The summed E-state index contributed by atoms with van der Waals surface area (Å²) < 4.78 is 5.62. The zero-order valence-electron chi connectivity index (χ0n) is 8.95. The van der Waals surface area contributed by atoms with Gasteiger partial charge in [-0.2, -0.15) is 0 Å². The van der Waals surface area contributed by atoms with E-state index < -0.39 is 0 Å². The lowest BCUT2D eigenvalue weighted by Gasteiger charge is -2.32. The number of carbonyl (C=O) groups excluding carboxylic acids is 1. The summed E-state index contributed by atoms with van der Waals surface area (Å²) >= 11 is 0. The predicted molar refractivity (Wildman–Crippen MR) is 54.8 cm³/mol. The molecule has 0 aromatic carbocycles. The molecule has 1 heterocycles. The van der Waals surface area contributed by atoms with Gasteiger partial charge in [-0.05, 0) is 18.8 Å². The SMILES string of the molecule is CC(C)C1CC(NCC(N)=O)CCO1. The summed E-state index contributed by atoms with van der Waals surface area (Å²) in [6.45, 7) is 5.36. The van der Waals surface area contributed by atoms with E-state index in [1.54, 1.807) is 0 Å². The van der Waals surface area contributed by atoms with E-state index in [9.17, 15) is 4.79 Å². The summed E-state index contributed by atoms with van der Waals surface area (Å²) in [6, 6.07) is 0.378. The van der Waals surface area contributed by atoms with Crippen molar-refractivity contribution in [2.75, 3.05) is 13.2 Å². The first-order chi connectivity index (χ1) is 6.59. The van der Waals surface area contributed by atoms with E-state index in [4.69, 9.17) is 10.5 Å². The minimum atomic E-state index is -0.294. The lowest BCUT2D eigenvalue weighted by Crippen LogP contribution is -2.43. The molecule has 0 saturated carbocycles. The maximum absolute atomic E-state index is 10.6. The van der Waals surface area contributed by atoms with E-state index in [0.29, 0.717) is 18.1 Å². The van der Waals surface area contributed by atoms with Gasteiger partial charge in [0.25, 0.3) is 0 Å². The number of hydrogen-bond donors (Lipinski definition) is 2. The van der Waals surface area contributed by atoms with Crippen molar-refractivity contribution < 1.29 is 9.53 Å². The fraction of sp³-hybridized carbons (Fsp3) is 0.900. The summed E-state index contributed by atoms with van der Waals surface area (Å²) in [6.07, 6.45) is 2.26. The van der Waals surface area contributed by atoms with Crippen LogP contribution in [0.25, 0.3) is 0 Å². The van der Waals surface area contributed by atoms with Crippen LogP contribution in [0.2, 0.25) is 0 Å². The van der Waals surface area contributed by atoms with E-state index in [1.165, 1.54) is 0 Å². The molecule has 0 bridgehead atoms. The minimum absolute atomic E-state index is 0.273. The van der Waals surface area contributed by atoms with E-state index in [0.717, 1.165) is 19.4 Å². The summed E-state index contributed by atoms with van der Waals surface area (Å²) in [5.41, 5.74) is 5.07. The van der Waals surface area contributed by atoms with Gasteiger partial charge in [-0.15, -0.1) is 0 Å². The van der Waals surface area contributed by atoms with Crippen LogP contribution in [0, 0.1) is 5.92 Å². The molecule has 0 aromatic rings. The summed E-state index contributed by atoms with van der Waals surface area (Å²) in [5.74, 6) is 0.241. The van der Waals surface area contributed by atoms with Crippen molar-refractivity contribution >= 4 is 5.91 Å². The second-order valence-electron chi connectivity index (χ2n) is 4.22. The van der Waals surface area contributed by atoms with Gasteiger partial charge in [0, 0.05) is 12.6 Å². The van der Waals surface area contributed by atoms with Gasteiger partial charge < -0.3 is 15.8 Å². The average Bonchev–Trinajstić information content (AvgIpc) is 2.15. The molecule has 0 aliphatic carbocycles. The standard InChI is InChI=1S/C10H20N2O2/c1-7(2)9-5-8(3-4-14-9)12-6-10(11)13/h7-9,12H,3-6H2,1-2H3,(H2,11,13). The molecule has 0 radical (unpaired) electrons. The topological polar surface area (TPSA) is 64.3 Å². The molecule has 4 heteroatoms. The first-order valence-corrected chi connectivity index (χ1v) is 5.23. The highest BCUT2D eigenvalue weighted by Crippen LogP contribution is 2.19. The van der Waals surface area contributed by atoms with Crippen LogP contribution in [-0.4, -0.2) is 31.2 Å². The molecule has 1 fully saturated rings. The molecule has 3 N–H and O–H groups in total. The van der Waals surface area contributed by atoms with Crippen LogP contribution >= 0.6 is 0 Å². The Kier molecular flexibility index (Phi) is 4.35. The van der Waals surface area contributed by atoms with Crippen LogP contribution in [0.4, 0.5) is 0 Å². The number of primary amides is 1. The zero-order chi connectivity index (χ0) is 10.6. The van der Waals surface area contributed by atoms with Crippen molar-refractivity contribution in [1.29, 1.82) is 0 Å². The molecule has 1 aliphatic heterocycles. The normalized spacial score (nSPS) is 27.9. The first kappa shape index (κ1) is 11.5. The van der Waals surface area contributed by atoms with E-state index in [2.05, 4.69) is 19.2 Å². The first-order valence-electron chi connectivity index (χ1n) is 5.23. The van der Waals surface area contributed by atoms with Gasteiger partial charge in [0.15, 0.2) is 0 Å². The second-order valence-corrected chi connectivity index (χ2v) is 4.22. The molecule has 4 nitrogen and oxygen atoms in total. The third-order valence-electron chi connectivity index (χ3n) is 2.62. The Labute approximate surface area is 85.2 Å². The van der Waals surface area contributed by atoms with Crippen LogP contribution < -0.4 is 11.1 Å². The highest BCUT2D eigenvalue weighted by Gasteiger charge is 2.24. The van der Waals surface area contributed by atoms with Gasteiger partial charge in [-0.3, -0.25) is 4.79 Å². The number of ether oxygens (including phenoxy) is 1. The van der Waals surface area contributed by atoms with E-state index in [1.807, 2.05) is 0 Å². The third kappa shape index (κ3) is 3.64. The van der Waals surface area contributed by atoms with Gasteiger partial charge in [0.05, 0.1) is 12.6 Å². The van der Waals surface area contributed by atoms with Crippen LogP contribution in [0.1, 0.15) is 26.7 Å². The lowest BCUT2D eigenvalue weighted by atomic mass is 9.95. The molecule has 0 aromatic heterocycles. The molecule has 1 aliphatic rings. The van der Waals surface area contributed by atoms with Crippen LogP contribution in [0.15, 0.2) is 0 Å². The van der Waals surface area contributed by atoms with Crippen molar-refractivity contribution in [1.82, 2.24) is 5.32 Å². The number of nitrogens with one attached hydrogen (secondary N) is 1. The Morgan fingerprint density at radius 3 is 2.93 bits per heavy atom. The zero-order valence-corrected chi connectivity index (χ0v) is 8.95. The molecule has 2 atom stereocenters. The smallest absolute Gasteiger partial charge is 0.231 e.